The van der Waals surface area contributed by atoms with E-state index < -0.39 is 0 Å². The van der Waals surface area contributed by atoms with Gasteiger partial charge in [0.25, 0.3) is 0 Å². The molecule has 0 aliphatic rings. The molecule has 6 aromatic heterocycles. The van der Waals surface area contributed by atoms with E-state index in [0.29, 0.717) is 22.8 Å². The van der Waals surface area contributed by atoms with Gasteiger partial charge in [-0.25, -0.2) is 19.9 Å². The number of fused-ring (bicyclic) bond motifs is 12. The first kappa shape index (κ1) is 60.6. The molecule has 0 atom stereocenters. The Labute approximate surface area is 595 Å². The predicted molar refractivity (Wildman–Crippen MR) is 417 cm³/mol. The molecule has 0 spiro atoms. The summed E-state index contributed by atoms with van der Waals surface area (Å²) in [7, 11) is 0. The Morgan fingerprint density at radius 2 is 0.519 bits per heavy atom. The van der Waals surface area contributed by atoms with E-state index in [1.807, 2.05) is 182 Å². The first-order chi connectivity index (χ1) is 51.4. The van der Waals surface area contributed by atoms with Crippen molar-refractivity contribution in [3.63, 3.8) is 0 Å². The lowest BCUT2D eigenvalue weighted by molar-refractivity contribution is 0.668. The van der Waals surface area contributed by atoms with Crippen LogP contribution in [0.2, 0.25) is 0 Å². The highest BCUT2D eigenvalue weighted by atomic mass is 16.3. The second kappa shape index (κ2) is 25.3. The second-order valence-electron chi connectivity index (χ2n) is 25.8. The third-order valence-electron chi connectivity index (χ3n) is 19.4. The standard InChI is InChI=1S/2C47H27N3O2/c48-28-29-11-8-14-31(23-29)42-27-41(30-12-2-1-3-13-30)49-47(50-42)34-25-32(35-17-9-19-39-37-15-4-6-21-43(37)51-45(35)39)24-33(26-34)36-18-10-20-40-38-16-5-7-22-44(38)52-46(36)40;48-28-29-9-8-12-33(21-29)42-27-41(30-10-2-1-3-11-30)49-47(50-42)36-23-34(31-17-19-45-39(25-31)37-13-4-6-15-43(37)51-45)22-35(24-36)32-18-20-46-40(26-32)38-14-5-7-16-44(38)52-46/h2*1-27H. The molecule has 0 saturated carbocycles. The van der Waals surface area contributed by atoms with E-state index in [2.05, 4.69) is 146 Å². The molecule has 0 unspecified atom stereocenters. The Bertz CT molecular complexity index is 6650. The third-order valence-corrected chi connectivity index (χ3v) is 19.4. The fourth-order valence-corrected chi connectivity index (χ4v) is 14.4. The van der Waals surface area contributed by atoms with Gasteiger partial charge in [-0.1, -0.05) is 206 Å². The van der Waals surface area contributed by atoms with E-state index in [9.17, 15) is 10.5 Å². The molecule has 6 heterocycles. The minimum atomic E-state index is 0.565. The monoisotopic (exact) mass is 1330 g/mol. The van der Waals surface area contributed by atoms with E-state index in [4.69, 9.17) is 37.6 Å². The Morgan fingerprint density at radius 3 is 0.942 bits per heavy atom. The molecular formula is C94H54N6O4. The minimum absolute atomic E-state index is 0.565. The molecule has 10 nitrogen and oxygen atoms in total. The second-order valence-corrected chi connectivity index (χ2v) is 25.8. The van der Waals surface area contributed by atoms with Gasteiger partial charge in [0.15, 0.2) is 11.6 Å². The highest BCUT2D eigenvalue weighted by molar-refractivity contribution is 6.13. The number of benzene rings is 14. The molecule has 0 radical (unpaired) electrons. The first-order valence-electron chi connectivity index (χ1n) is 34.2. The summed E-state index contributed by atoms with van der Waals surface area (Å²) in [6.45, 7) is 0. The maximum absolute atomic E-state index is 9.70. The van der Waals surface area contributed by atoms with Crippen LogP contribution in [-0.2, 0) is 0 Å². The Balaban J connectivity index is 0.000000143. The van der Waals surface area contributed by atoms with Crippen LogP contribution in [0, 0.1) is 22.7 Å². The fourth-order valence-electron chi connectivity index (χ4n) is 14.4. The SMILES string of the molecule is N#Cc1cccc(-c2cc(-c3ccccc3)nc(-c3cc(-c4ccc5oc6ccccc6c5c4)cc(-c4ccc5oc6ccccc6c5c4)c3)n2)c1.N#Cc1cccc(-c2cc(-c3ccccc3)nc(-c3cc(-c4cccc5c4oc4ccccc45)cc(-c4cccc5c4oc4ccccc45)c3)n2)c1. The molecule has 0 aliphatic heterocycles. The van der Waals surface area contributed by atoms with Gasteiger partial charge in [0.1, 0.15) is 44.7 Å². The van der Waals surface area contributed by atoms with E-state index in [-0.39, 0.29) is 0 Å². The zero-order chi connectivity index (χ0) is 69.2. The van der Waals surface area contributed by atoms with Crippen LogP contribution in [0.5, 0.6) is 0 Å². The number of para-hydroxylation sites is 6. The topological polar surface area (TPSA) is 152 Å². The Hall–Kier alpha value is -14.6. The molecular weight excluding hydrogens is 1280 g/mol. The smallest absolute Gasteiger partial charge is 0.160 e. The summed E-state index contributed by atoms with van der Waals surface area (Å²) in [5.41, 5.74) is 24.3. The first-order valence-corrected chi connectivity index (χ1v) is 34.2. The van der Waals surface area contributed by atoms with Crippen LogP contribution in [0.1, 0.15) is 11.1 Å². The van der Waals surface area contributed by atoms with E-state index in [1.165, 1.54) is 0 Å². The van der Waals surface area contributed by atoms with Crippen LogP contribution in [0.15, 0.2) is 345 Å². The van der Waals surface area contributed by atoms with Gasteiger partial charge in [0.2, 0.25) is 0 Å². The lowest BCUT2D eigenvalue weighted by Gasteiger charge is -2.13. The third kappa shape index (κ3) is 11.0. The Kier molecular flexibility index (Phi) is 14.7. The number of furan rings is 4. The van der Waals surface area contributed by atoms with Crippen LogP contribution in [0.25, 0.3) is 200 Å². The highest BCUT2D eigenvalue weighted by Crippen LogP contribution is 2.44. The highest BCUT2D eigenvalue weighted by Gasteiger charge is 2.22. The van der Waals surface area contributed by atoms with E-state index in [1.54, 1.807) is 12.1 Å². The van der Waals surface area contributed by atoms with Crippen molar-refractivity contribution >= 4 is 87.8 Å². The van der Waals surface area contributed by atoms with Crippen molar-refractivity contribution < 1.29 is 17.7 Å². The lowest BCUT2D eigenvalue weighted by Crippen LogP contribution is -1.97. The maximum Gasteiger partial charge on any atom is 0.160 e. The van der Waals surface area contributed by atoms with Crippen molar-refractivity contribution in [2.24, 2.45) is 0 Å². The van der Waals surface area contributed by atoms with Gasteiger partial charge in [0.05, 0.1) is 46.0 Å². The van der Waals surface area contributed by atoms with Crippen LogP contribution in [0.3, 0.4) is 0 Å². The summed E-state index contributed by atoms with van der Waals surface area (Å²) < 4.78 is 25.4. The van der Waals surface area contributed by atoms with Gasteiger partial charge in [-0.15, -0.1) is 0 Å². The zero-order valence-electron chi connectivity index (χ0n) is 55.5. The fraction of sp³-hybridized carbons (Fsp3) is 0. The van der Waals surface area contributed by atoms with Gasteiger partial charge in [-0.3, -0.25) is 0 Å². The average molecular weight is 1330 g/mol. The molecule has 20 aromatic rings. The van der Waals surface area contributed by atoms with Crippen LogP contribution in [0.4, 0.5) is 0 Å². The summed E-state index contributed by atoms with van der Waals surface area (Å²) in [4.78, 5) is 20.7. The molecule has 104 heavy (non-hydrogen) atoms. The van der Waals surface area contributed by atoms with Crippen LogP contribution >= 0.6 is 0 Å². The van der Waals surface area contributed by atoms with Gasteiger partial charge in [0, 0.05) is 87.6 Å². The van der Waals surface area contributed by atoms with Gasteiger partial charge >= 0.3 is 0 Å². The number of aromatic nitrogens is 4. The molecule has 20 rings (SSSR count). The summed E-state index contributed by atoms with van der Waals surface area (Å²) in [5, 5.41) is 27.9. The molecule has 10 heteroatoms. The van der Waals surface area contributed by atoms with Crippen molar-refractivity contribution in [1.29, 1.82) is 10.5 Å². The Morgan fingerprint density at radius 1 is 0.202 bits per heavy atom. The van der Waals surface area contributed by atoms with Crippen molar-refractivity contribution in [3.05, 3.63) is 339 Å². The van der Waals surface area contributed by atoms with Crippen molar-refractivity contribution in [3.8, 4) is 124 Å². The molecule has 484 valence electrons. The normalized spacial score (nSPS) is 11.4. The van der Waals surface area contributed by atoms with Crippen molar-refractivity contribution in [1.82, 2.24) is 19.9 Å². The average Bonchev–Trinajstić information content (AvgIpc) is 1.08. The summed E-state index contributed by atoms with van der Waals surface area (Å²) >= 11 is 0. The van der Waals surface area contributed by atoms with Crippen LogP contribution < -0.4 is 0 Å². The summed E-state index contributed by atoms with van der Waals surface area (Å²) in [6.07, 6.45) is 0. The van der Waals surface area contributed by atoms with Gasteiger partial charge in [-0.2, -0.15) is 10.5 Å². The molecule has 0 N–H and O–H groups in total. The molecule has 0 bridgehead atoms. The predicted octanol–water partition coefficient (Wildman–Crippen LogP) is 25.0. The summed E-state index contributed by atoms with van der Waals surface area (Å²) in [6, 6.07) is 115. The number of nitriles is 2. The quantitative estimate of drug-likeness (QED) is 0.129. The number of hydrogen-bond acceptors (Lipinski definition) is 10. The maximum atomic E-state index is 9.70. The van der Waals surface area contributed by atoms with Crippen LogP contribution in [-0.4, -0.2) is 19.9 Å². The van der Waals surface area contributed by atoms with Gasteiger partial charge < -0.3 is 17.7 Å². The molecule has 14 aromatic carbocycles. The zero-order valence-corrected chi connectivity index (χ0v) is 55.5. The number of rotatable bonds is 10. The molecule has 0 aliphatic carbocycles. The molecule has 0 fully saturated rings. The largest absolute Gasteiger partial charge is 0.456 e. The molecule has 0 saturated heterocycles. The van der Waals surface area contributed by atoms with Crippen molar-refractivity contribution in [2.45, 2.75) is 0 Å². The number of nitrogens with zero attached hydrogens (tertiary/aromatic N) is 6. The summed E-state index contributed by atoms with van der Waals surface area (Å²) in [5.74, 6) is 1.15. The number of hydrogen-bond donors (Lipinski definition) is 0. The van der Waals surface area contributed by atoms with E-state index in [0.717, 1.165) is 188 Å². The van der Waals surface area contributed by atoms with E-state index >= 15 is 0 Å². The molecule has 0 amide bonds. The lowest BCUT2D eigenvalue weighted by atomic mass is 9.93. The van der Waals surface area contributed by atoms with Gasteiger partial charge in [-0.05, 0) is 155 Å². The van der Waals surface area contributed by atoms with Crippen molar-refractivity contribution in [2.75, 3.05) is 0 Å². The minimum Gasteiger partial charge on any atom is -0.456 e.